The summed E-state index contributed by atoms with van der Waals surface area (Å²) in [6.45, 7) is 11.7. The Kier molecular flexibility index (Phi) is 6.16. The topological polar surface area (TPSA) is 32.8 Å². The third kappa shape index (κ3) is 5.12. The molecule has 24 heavy (non-hydrogen) atoms. The second-order valence-corrected chi connectivity index (χ2v) is 8.29. The van der Waals surface area contributed by atoms with Gasteiger partial charge in [0.2, 0.25) is 0 Å². The van der Waals surface area contributed by atoms with Crippen molar-refractivity contribution < 1.29 is 9.53 Å². The van der Waals surface area contributed by atoms with Crippen molar-refractivity contribution in [2.75, 3.05) is 26.2 Å². The van der Waals surface area contributed by atoms with Crippen molar-refractivity contribution in [2.45, 2.75) is 39.8 Å². The van der Waals surface area contributed by atoms with Crippen molar-refractivity contribution in [1.29, 1.82) is 0 Å². The molecule has 0 aliphatic carbocycles. The van der Waals surface area contributed by atoms with Crippen LogP contribution < -0.4 is 0 Å². The van der Waals surface area contributed by atoms with E-state index in [4.69, 9.17) is 11.2 Å². The molecule has 0 atom stereocenters. The highest BCUT2D eigenvalue weighted by molar-refractivity contribution is 14.1. The van der Waals surface area contributed by atoms with Gasteiger partial charge in [-0.25, -0.2) is 4.79 Å². The average Bonchev–Trinajstić information content (AvgIpc) is 2.50. The van der Waals surface area contributed by atoms with Crippen LogP contribution in [0, 0.1) is 22.8 Å². The number of rotatable bonds is 2. The molecule has 1 fully saturated rings. The van der Waals surface area contributed by atoms with Gasteiger partial charge < -0.3 is 9.64 Å². The van der Waals surface area contributed by atoms with Gasteiger partial charge in [-0.1, -0.05) is 5.92 Å². The molecule has 4 nitrogen and oxygen atoms in total. The Morgan fingerprint density at radius 2 is 1.92 bits per heavy atom. The van der Waals surface area contributed by atoms with Crippen molar-refractivity contribution >= 4 is 28.7 Å². The second-order valence-electron chi connectivity index (χ2n) is 7.13. The molecular weight excluding hydrogens is 415 g/mol. The number of piperazine rings is 1. The van der Waals surface area contributed by atoms with E-state index >= 15 is 0 Å². The number of terminal acetylenes is 1. The fraction of sp³-hybridized carbons (Fsp3) is 0.526. The van der Waals surface area contributed by atoms with Crippen LogP contribution in [0.4, 0.5) is 4.79 Å². The molecule has 0 bridgehead atoms. The van der Waals surface area contributed by atoms with Gasteiger partial charge in [0, 0.05) is 41.9 Å². The summed E-state index contributed by atoms with van der Waals surface area (Å²) in [5.41, 5.74) is 3.02. The number of benzene rings is 1. The van der Waals surface area contributed by atoms with E-state index in [9.17, 15) is 4.79 Å². The molecule has 5 heteroatoms. The molecule has 1 aromatic carbocycles. The number of amides is 1. The van der Waals surface area contributed by atoms with Crippen molar-refractivity contribution in [3.05, 3.63) is 32.4 Å². The summed E-state index contributed by atoms with van der Waals surface area (Å²) >= 11 is 2.33. The van der Waals surface area contributed by atoms with Crippen molar-refractivity contribution in [1.82, 2.24) is 9.80 Å². The summed E-state index contributed by atoms with van der Waals surface area (Å²) in [5, 5.41) is 0. The van der Waals surface area contributed by atoms with Crippen LogP contribution >= 0.6 is 22.6 Å². The number of carbonyl (C=O) groups is 1. The predicted molar refractivity (Wildman–Crippen MR) is 105 cm³/mol. The maximum atomic E-state index is 12.1. The highest BCUT2D eigenvalue weighted by Crippen LogP contribution is 2.21. The van der Waals surface area contributed by atoms with E-state index in [1.54, 1.807) is 4.90 Å². The van der Waals surface area contributed by atoms with E-state index < -0.39 is 5.60 Å². The van der Waals surface area contributed by atoms with Crippen LogP contribution in [0.2, 0.25) is 0 Å². The smallest absolute Gasteiger partial charge is 0.410 e. The predicted octanol–water partition coefficient (Wildman–Crippen LogP) is 3.63. The Bertz CT molecular complexity index is 651. The lowest BCUT2D eigenvalue weighted by Crippen LogP contribution is -2.49. The molecule has 1 aliphatic heterocycles. The monoisotopic (exact) mass is 440 g/mol. The zero-order chi connectivity index (χ0) is 17.9. The zero-order valence-electron chi connectivity index (χ0n) is 14.9. The number of halogens is 1. The molecule has 0 radical (unpaired) electrons. The molecule has 0 saturated carbocycles. The van der Waals surface area contributed by atoms with Gasteiger partial charge in [-0.3, -0.25) is 4.90 Å². The van der Waals surface area contributed by atoms with E-state index in [1.807, 2.05) is 26.8 Å². The summed E-state index contributed by atoms with van der Waals surface area (Å²) in [4.78, 5) is 16.3. The van der Waals surface area contributed by atoms with Crippen LogP contribution in [-0.4, -0.2) is 47.7 Å². The normalized spacial score (nSPS) is 15.9. The molecule has 0 spiro atoms. The quantitative estimate of drug-likeness (QED) is 0.520. The summed E-state index contributed by atoms with van der Waals surface area (Å²) in [6, 6.07) is 4.14. The molecule has 2 rings (SSSR count). The first-order valence-electron chi connectivity index (χ1n) is 8.15. The summed E-state index contributed by atoms with van der Waals surface area (Å²) < 4.78 is 6.64. The number of hydrogen-bond acceptors (Lipinski definition) is 3. The minimum Gasteiger partial charge on any atom is -0.444 e. The Morgan fingerprint density at radius 3 is 2.46 bits per heavy atom. The van der Waals surface area contributed by atoms with Gasteiger partial charge in [-0.05, 0) is 73.5 Å². The fourth-order valence-corrected chi connectivity index (χ4v) is 3.32. The number of ether oxygens (including phenoxy) is 1. The molecule has 1 aliphatic rings. The molecule has 1 aromatic rings. The first-order chi connectivity index (χ1) is 11.2. The SMILES string of the molecule is C#Cc1cc(I)c(C)c(CN2CCN(C(=O)OC(C)(C)C)CC2)c1. The lowest BCUT2D eigenvalue weighted by atomic mass is 10.0. The van der Waals surface area contributed by atoms with Crippen molar-refractivity contribution in [3.8, 4) is 12.3 Å². The fourth-order valence-electron chi connectivity index (χ4n) is 2.64. The van der Waals surface area contributed by atoms with Crippen LogP contribution in [0.5, 0.6) is 0 Å². The third-order valence-corrected chi connectivity index (χ3v) is 5.16. The first kappa shape index (κ1) is 19.1. The standard InChI is InChI=1S/C19H25IN2O2/c1-6-15-11-16(14(2)17(20)12-15)13-21-7-9-22(10-8-21)18(23)24-19(3,4)5/h1,11-12H,7-10,13H2,2-5H3. The van der Waals surface area contributed by atoms with Gasteiger partial charge in [0.25, 0.3) is 0 Å². The molecule has 0 unspecified atom stereocenters. The van der Waals surface area contributed by atoms with E-state index in [-0.39, 0.29) is 6.09 Å². The Labute approximate surface area is 158 Å². The minimum atomic E-state index is -0.447. The van der Waals surface area contributed by atoms with Crippen LogP contribution in [0.3, 0.4) is 0 Å². The van der Waals surface area contributed by atoms with Gasteiger partial charge in [0.05, 0.1) is 0 Å². The molecule has 1 saturated heterocycles. The Balaban J connectivity index is 1.96. The number of hydrogen-bond donors (Lipinski definition) is 0. The van der Waals surface area contributed by atoms with E-state index in [0.717, 1.165) is 25.2 Å². The van der Waals surface area contributed by atoms with Gasteiger partial charge >= 0.3 is 6.09 Å². The lowest BCUT2D eigenvalue weighted by molar-refractivity contribution is 0.0139. The molecular formula is C19H25IN2O2. The third-order valence-electron chi connectivity index (χ3n) is 4.04. The van der Waals surface area contributed by atoms with Crippen LogP contribution in [-0.2, 0) is 11.3 Å². The number of carbonyl (C=O) groups excluding carboxylic acids is 1. The molecule has 1 amide bonds. The Morgan fingerprint density at radius 1 is 1.29 bits per heavy atom. The highest BCUT2D eigenvalue weighted by Gasteiger charge is 2.26. The maximum absolute atomic E-state index is 12.1. The minimum absolute atomic E-state index is 0.220. The van der Waals surface area contributed by atoms with E-state index in [1.165, 1.54) is 14.7 Å². The van der Waals surface area contributed by atoms with Crippen LogP contribution in [0.25, 0.3) is 0 Å². The molecule has 0 aromatic heterocycles. The van der Waals surface area contributed by atoms with Gasteiger partial charge in [0.15, 0.2) is 0 Å². The molecule has 1 heterocycles. The average molecular weight is 440 g/mol. The second kappa shape index (κ2) is 7.75. The van der Waals surface area contributed by atoms with Gasteiger partial charge in [-0.2, -0.15) is 0 Å². The van der Waals surface area contributed by atoms with Gasteiger partial charge in [0.1, 0.15) is 5.60 Å². The van der Waals surface area contributed by atoms with Crippen molar-refractivity contribution in [3.63, 3.8) is 0 Å². The van der Waals surface area contributed by atoms with E-state index in [2.05, 4.69) is 46.4 Å². The number of nitrogens with zero attached hydrogens (tertiary/aromatic N) is 2. The van der Waals surface area contributed by atoms with Crippen LogP contribution in [0.1, 0.15) is 37.5 Å². The summed E-state index contributed by atoms with van der Waals surface area (Å²) in [7, 11) is 0. The largest absolute Gasteiger partial charge is 0.444 e. The van der Waals surface area contributed by atoms with Gasteiger partial charge in [-0.15, -0.1) is 6.42 Å². The van der Waals surface area contributed by atoms with Crippen molar-refractivity contribution in [2.24, 2.45) is 0 Å². The molecule has 130 valence electrons. The zero-order valence-corrected chi connectivity index (χ0v) is 17.0. The summed E-state index contributed by atoms with van der Waals surface area (Å²) in [5.74, 6) is 2.72. The molecule has 0 N–H and O–H groups in total. The first-order valence-corrected chi connectivity index (χ1v) is 9.23. The maximum Gasteiger partial charge on any atom is 0.410 e. The highest BCUT2D eigenvalue weighted by atomic mass is 127. The Hall–Kier alpha value is -1.26. The van der Waals surface area contributed by atoms with Crippen LogP contribution in [0.15, 0.2) is 12.1 Å². The lowest BCUT2D eigenvalue weighted by Gasteiger charge is -2.35. The van der Waals surface area contributed by atoms with E-state index in [0.29, 0.717) is 13.1 Å². The summed E-state index contributed by atoms with van der Waals surface area (Å²) in [6.07, 6.45) is 5.33.